The predicted molar refractivity (Wildman–Crippen MR) is 110 cm³/mol. The average molecular weight is 378 g/mol. The summed E-state index contributed by atoms with van der Waals surface area (Å²) in [4.78, 5) is 0. The van der Waals surface area contributed by atoms with Crippen LogP contribution in [-0.4, -0.2) is 20.4 Å². The standard InChI is InChI=1S/C24H26O4/c1-23(2,19-13-17(25)8-10-21(19)27)15-6-5-7-16(12-15)24(3,4)20-14-18(26)9-11-22(20)28/h5-14,25-28H,1-4H3. The van der Waals surface area contributed by atoms with Crippen LogP contribution >= 0.6 is 0 Å². The van der Waals surface area contributed by atoms with Gasteiger partial charge < -0.3 is 20.4 Å². The summed E-state index contributed by atoms with van der Waals surface area (Å²) in [6.07, 6.45) is 0. The van der Waals surface area contributed by atoms with Crippen molar-refractivity contribution in [3.8, 4) is 23.0 Å². The minimum Gasteiger partial charge on any atom is -0.508 e. The smallest absolute Gasteiger partial charge is 0.119 e. The van der Waals surface area contributed by atoms with E-state index in [1.54, 1.807) is 12.1 Å². The molecule has 28 heavy (non-hydrogen) atoms. The first-order chi connectivity index (χ1) is 13.0. The Bertz CT molecular complexity index is 940. The van der Waals surface area contributed by atoms with E-state index in [9.17, 15) is 20.4 Å². The van der Waals surface area contributed by atoms with Crippen LogP contribution in [0.4, 0.5) is 0 Å². The molecule has 0 aliphatic rings. The zero-order valence-corrected chi connectivity index (χ0v) is 16.6. The van der Waals surface area contributed by atoms with Crippen molar-refractivity contribution < 1.29 is 20.4 Å². The van der Waals surface area contributed by atoms with Gasteiger partial charge in [-0.3, -0.25) is 0 Å². The molecule has 0 amide bonds. The van der Waals surface area contributed by atoms with Crippen molar-refractivity contribution in [3.05, 3.63) is 82.9 Å². The zero-order chi connectivity index (χ0) is 20.7. The van der Waals surface area contributed by atoms with E-state index >= 15 is 0 Å². The van der Waals surface area contributed by atoms with Crippen molar-refractivity contribution in [1.82, 2.24) is 0 Å². The summed E-state index contributed by atoms with van der Waals surface area (Å²) in [6, 6.07) is 17.0. The first-order valence-electron chi connectivity index (χ1n) is 9.19. The van der Waals surface area contributed by atoms with E-state index in [1.165, 1.54) is 24.3 Å². The maximum Gasteiger partial charge on any atom is 0.119 e. The van der Waals surface area contributed by atoms with Crippen LogP contribution in [0.5, 0.6) is 23.0 Å². The maximum absolute atomic E-state index is 10.3. The van der Waals surface area contributed by atoms with Crippen LogP contribution in [-0.2, 0) is 10.8 Å². The number of hydrogen-bond acceptors (Lipinski definition) is 4. The lowest BCUT2D eigenvalue weighted by Crippen LogP contribution is -2.23. The lowest BCUT2D eigenvalue weighted by atomic mass is 9.73. The Hall–Kier alpha value is -3.14. The third-order valence-corrected chi connectivity index (χ3v) is 5.61. The Morgan fingerprint density at radius 2 is 0.929 bits per heavy atom. The van der Waals surface area contributed by atoms with Crippen LogP contribution in [0.25, 0.3) is 0 Å². The van der Waals surface area contributed by atoms with Gasteiger partial charge >= 0.3 is 0 Å². The number of benzene rings is 3. The molecule has 0 unspecified atom stereocenters. The van der Waals surface area contributed by atoms with Gasteiger partial charge in [-0.2, -0.15) is 0 Å². The molecule has 3 aromatic rings. The van der Waals surface area contributed by atoms with Gasteiger partial charge in [0.15, 0.2) is 0 Å². The summed E-state index contributed by atoms with van der Waals surface area (Å²) in [5.41, 5.74) is 2.05. The lowest BCUT2D eigenvalue weighted by molar-refractivity contribution is 0.439. The quantitative estimate of drug-likeness (QED) is 0.473. The molecule has 146 valence electrons. The fourth-order valence-electron chi connectivity index (χ4n) is 3.66. The monoisotopic (exact) mass is 378 g/mol. The van der Waals surface area contributed by atoms with Crippen molar-refractivity contribution in [2.24, 2.45) is 0 Å². The van der Waals surface area contributed by atoms with Crippen LogP contribution in [0.2, 0.25) is 0 Å². The Labute approximate surface area is 165 Å². The van der Waals surface area contributed by atoms with E-state index in [0.29, 0.717) is 11.1 Å². The van der Waals surface area contributed by atoms with Crippen LogP contribution in [0.1, 0.15) is 49.9 Å². The lowest BCUT2D eigenvalue weighted by Gasteiger charge is -2.31. The third-order valence-electron chi connectivity index (χ3n) is 5.61. The molecule has 0 aliphatic heterocycles. The molecule has 0 saturated heterocycles. The summed E-state index contributed by atoms with van der Waals surface area (Å²) < 4.78 is 0. The predicted octanol–water partition coefficient (Wildman–Crippen LogP) is 5.16. The van der Waals surface area contributed by atoms with Gasteiger partial charge in [-0.15, -0.1) is 0 Å². The van der Waals surface area contributed by atoms with Gasteiger partial charge in [-0.25, -0.2) is 0 Å². The molecule has 4 heteroatoms. The molecule has 0 aromatic heterocycles. The number of hydrogen-bond donors (Lipinski definition) is 4. The van der Waals surface area contributed by atoms with Gasteiger partial charge in [0.2, 0.25) is 0 Å². The summed E-state index contributed by atoms with van der Waals surface area (Å²) in [5.74, 6) is 0.445. The molecule has 4 nitrogen and oxygen atoms in total. The van der Waals surface area contributed by atoms with Crippen molar-refractivity contribution in [2.75, 3.05) is 0 Å². The highest BCUT2D eigenvalue weighted by Gasteiger charge is 2.31. The first-order valence-corrected chi connectivity index (χ1v) is 9.19. The van der Waals surface area contributed by atoms with Gasteiger partial charge in [-0.05, 0) is 47.5 Å². The summed E-state index contributed by atoms with van der Waals surface area (Å²) >= 11 is 0. The molecule has 0 fully saturated rings. The van der Waals surface area contributed by atoms with Gasteiger partial charge in [0.1, 0.15) is 23.0 Å². The molecule has 0 heterocycles. The van der Waals surface area contributed by atoms with E-state index in [-0.39, 0.29) is 23.0 Å². The van der Waals surface area contributed by atoms with E-state index in [0.717, 1.165) is 11.1 Å². The first kappa shape index (κ1) is 19.6. The van der Waals surface area contributed by atoms with Gasteiger partial charge in [0.25, 0.3) is 0 Å². The van der Waals surface area contributed by atoms with Crippen molar-refractivity contribution in [3.63, 3.8) is 0 Å². The second kappa shape index (κ2) is 6.79. The zero-order valence-electron chi connectivity index (χ0n) is 16.6. The molecule has 0 bridgehead atoms. The fraction of sp³-hybridized carbons (Fsp3) is 0.250. The third kappa shape index (κ3) is 3.38. The van der Waals surface area contributed by atoms with Crippen LogP contribution in [0.3, 0.4) is 0 Å². The molecule has 0 spiro atoms. The molecular formula is C24H26O4. The molecular weight excluding hydrogens is 352 g/mol. The molecule has 0 saturated carbocycles. The Morgan fingerprint density at radius 1 is 0.536 bits per heavy atom. The van der Waals surface area contributed by atoms with E-state index in [2.05, 4.69) is 0 Å². The fourth-order valence-corrected chi connectivity index (χ4v) is 3.66. The normalized spacial score (nSPS) is 12.1. The topological polar surface area (TPSA) is 80.9 Å². The summed E-state index contributed by atoms with van der Waals surface area (Å²) in [6.45, 7) is 7.94. The molecule has 3 aromatic carbocycles. The summed E-state index contributed by atoms with van der Waals surface area (Å²) in [5, 5.41) is 40.4. The number of rotatable bonds is 4. The molecule has 0 radical (unpaired) electrons. The van der Waals surface area contributed by atoms with Crippen LogP contribution in [0.15, 0.2) is 60.7 Å². The maximum atomic E-state index is 10.3. The van der Waals surface area contributed by atoms with Crippen molar-refractivity contribution in [2.45, 2.75) is 38.5 Å². The highest BCUT2D eigenvalue weighted by Crippen LogP contribution is 2.42. The largest absolute Gasteiger partial charge is 0.508 e. The number of aromatic hydroxyl groups is 4. The number of phenols is 4. The Balaban J connectivity index is 2.11. The van der Waals surface area contributed by atoms with Gasteiger partial charge in [0, 0.05) is 22.0 Å². The van der Waals surface area contributed by atoms with Crippen molar-refractivity contribution in [1.29, 1.82) is 0 Å². The van der Waals surface area contributed by atoms with Gasteiger partial charge in [0.05, 0.1) is 0 Å². The Kier molecular flexibility index (Phi) is 4.76. The second-order valence-corrected chi connectivity index (χ2v) is 8.23. The SMILES string of the molecule is CC(C)(c1cccc(C(C)(C)c2cc(O)ccc2O)c1)c1cc(O)ccc1O. The number of phenolic OH excluding ortho intramolecular Hbond substituents is 4. The molecule has 0 aliphatic carbocycles. The van der Waals surface area contributed by atoms with Gasteiger partial charge in [-0.1, -0.05) is 52.0 Å². The molecule has 3 rings (SSSR count). The highest BCUT2D eigenvalue weighted by atomic mass is 16.3. The van der Waals surface area contributed by atoms with Crippen LogP contribution < -0.4 is 0 Å². The summed E-state index contributed by atoms with van der Waals surface area (Å²) in [7, 11) is 0. The van der Waals surface area contributed by atoms with Crippen LogP contribution in [0, 0.1) is 0 Å². The molecule has 0 atom stereocenters. The van der Waals surface area contributed by atoms with E-state index in [4.69, 9.17) is 0 Å². The highest BCUT2D eigenvalue weighted by molar-refractivity contribution is 5.52. The minimum absolute atomic E-state index is 0.0991. The van der Waals surface area contributed by atoms with E-state index in [1.807, 2.05) is 52.0 Å². The average Bonchev–Trinajstić information content (AvgIpc) is 2.65. The van der Waals surface area contributed by atoms with Crippen molar-refractivity contribution >= 4 is 0 Å². The van der Waals surface area contributed by atoms with E-state index < -0.39 is 10.8 Å². The molecule has 4 N–H and O–H groups in total. The second-order valence-electron chi connectivity index (χ2n) is 8.23. The Morgan fingerprint density at radius 3 is 1.32 bits per heavy atom. The minimum atomic E-state index is -0.560.